The van der Waals surface area contributed by atoms with Crippen molar-refractivity contribution in [2.45, 2.75) is 43.9 Å². The number of rotatable bonds is 4. The lowest BCUT2D eigenvalue weighted by Crippen LogP contribution is -2.58. The van der Waals surface area contributed by atoms with E-state index in [4.69, 9.17) is 16.3 Å². The zero-order chi connectivity index (χ0) is 16.9. The molecule has 1 saturated carbocycles. The zero-order valence-corrected chi connectivity index (χ0v) is 14.5. The Morgan fingerprint density at radius 3 is 2.67 bits per heavy atom. The molecule has 3 atom stereocenters. The Balaban J connectivity index is 1.55. The van der Waals surface area contributed by atoms with Gasteiger partial charge in [0, 0.05) is 24.2 Å². The molecule has 2 aliphatic rings. The number of ether oxygens (including phenoxy) is 1. The quantitative estimate of drug-likeness (QED) is 0.864. The third-order valence-corrected chi connectivity index (χ3v) is 5.21. The molecule has 1 aromatic carbocycles. The van der Waals surface area contributed by atoms with Crippen molar-refractivity contribution < 1.29 is 14.6 Å². The summed E-state index contributed by atoms with van der Waals surface area (Å²) in [6.45, 7) is 3.15. The van der Waals surface area contributed by atoms with Crippen LogP contribution in [0, 0.1) is 0 Å². The predicted molar refractivity (Wildman–Crippen MR) is 93.1 cm³/mol. The lowest BCUT2D eigenvalue weighted by Gasteiger charge is -2.43. The van der Waals surface area contributed by atoms with Crippen LogP contribution in [-0.2, 0) is 16.0 Å². The molecule has 0 unspecified atom stereocenters. The molecule has 1 saturated heterocycles. The number of aliphatic hydroxyl groups is 1. The minimum Gasteiger partial charge on any atom is -0.389 e. The Morgan fingerprint density at radius 2 is 1.96 bits per heavy atom. The molecule has 132 valence electrons. The highest BCUT2D eigenvalue weighted by Crippen LogP contribution is 2.24. The van der Waals surface area contributed by atoms with Crippen LogP contribution in [0.15, 0.2) is 24.3 Å². The number of amides is 1. The highest BCUT2D eigenvalue weighted by atomic mass is 35.5. The molecule has 1 aliphatic heterocycles. The summed E-state index contributed by atoms with van der Waals surface area (Å²) in [4.78, 5) is 14.6. The predicted octanol–water partition coefficient (Wildman–Crippen LogP) is 1.61. The van der Waals surface area contributed by atoms with Crippen LogP contribution >= 0.6 is 11.6 Å². The third kappa shape index (κ3) is 4.48. The molecule has 0 bridgehead atoms. The van der Waals surface area contributed by atoms with Gasteiger partial charge in [0.25, 0.3) is 0 Å². The first-order chi connectivity index (χ1) is 11.6. The summed E-state index contributed by atoms with van der Waals surface area (Å²) >= 11 is 5.87. The molecule has 2 fully saturated rings. The summed E-state index contributed by atoms with van der Waals surface area (Å²) in [6.07, 6.45) is 2.61. The number of carbonyl (C=O) groups excluding carboxylic acids is 1. The van der Waals surface area contributed by atoms with Gasteiger partial charge in [0.1, 0.15) is 0 Å². The van der Waals surface area contributed by atoms with Crippen LogP contribution < -0.4 is 5.32 Å². The summed E-state index contributed by atoms with van der Waals surface area (Å²) in [5.41, 5.74) is 0.923. The van der Waals surface area contributed by atoms with E-state index in [1.54, 1.807) is 12.1 Å². The van der Waals surface area contributed by atoms with Gasteiger partial charge >= 0.3 is 0 Å². The van der Waals surface area contributed by atoms with Crippen molar-refractivity contribution in [1.82, 2.24) is 10.2 Å². The fourth-order valence-corrected chi connectivity index (χ4v) is 3.79. The molecular formula is C18H25ClN2O3. The van der Waals surface area contributed by atoms with E-state index in [1.165, 1.54) is 0 Å². The maximum absolute atomic E-state index is 12.3. The molecule has 0 spiro atoms. The summed E-state index contributed by atoms with van der Waals surface area (Å²) in [7, 11) is 0. The Hall–Kier alpha value is -1.14. The van der Waals surface area contributed by atoms with Crippen LogP contribution in [0.2, 0.25) is 5.02 Å². The SMILES string of the molecule is O=C(Cc1ccc(Cl)cc1)N[C@@H]1CCC[C@@H](N2CCOCC2)[C@@H]1O. The molecule has 1 amide bonds. The van der Waals surface area contributed by atoms with E-state index in [9.17, 15) is 9.90 Å². The first-order valence-electron chi connectivity index (χ1n) is 8.67. The van der Waals surface area contributed by atoms with Crippen LogP contribution in [-0.4, -0.2) is 60.4 Å². The molecule has 6 heteroatoms. The molecule has 1 aromatic rings. The van der Waals surface area contributed by atoms with Crippen LogP contribution in [0.5, 0.6) is 0 Å². The van der Waals surface area contributed by atoms with Gasteiger partial charge in [0.2, 0.25) is 5.91 Å². The topological polar surface area (TPSA) is 61.8 Å². The van der Waals surface area contributed by atoms with Crippen molar-refractivity contribution in [2.24, 2.45) is 0 Å². The maximum Gasteiger partial charge on any atom is 0.224 e. The van der Waals surface area contributed by atoms with Crippen molar-refractivity contribution in [2.75, 3.05) is 26.3 Å². The first-order valence-corrected chi connectivity index (χ1v) is 9.05. The Kier molecular flexibility index (Phi) is 6.11. The molecule has 0 radical (unpaired) electrons. The second-order valence-corrected chi connectivity index (χ2v) is 7.05. The van der Waals surface area contributed by atoms with Gasteiger partial charge in [-0.3, -0.25) is 9.69 Å². The molecule has 0 aromatic heterocycles. The Labute approximate surface area is 147 Å². The largest absolute Gasteiger partial charge is 0.389 e. The molecule has 5 nitrogen and oxygen atoms in total. The lowest BCUT2D eigenvalue weighted by atomic mass is 9.86. The van der Waals surface area contributed by atoms with Crippen LogP contribution in [0.1, 0.15) is 24.8 Å². The van der Waals surface area contributed by atoms with E-state index in [0.717, 1.165) is 51.1 Å². The molecule has 1 heterocycles. The number of carbonyl (C=O) groups is 1. The monoisotopic (exact) mass is 352 g/mol. The van der Waals surface area contributed by atoms with Gasteiger partial charge in [-0.2, -0.15) is 0 Å². The van der Waals surface area contributed by atoms with E-state index in [2.05, 4.69) is 10.2 Å². The second kappa shape index (κ2) is 8.30. The van der Waals surface area contributed by atoms with Gasteiger partial charge in [-0.05, 0) is 37.0 Å². The second-order valence-electron chi connectivity index (χ2n) is 6.61. The van der Waals surface area contributed by atoms with E-state index < -0.39 is 6.10 Å². The number of halogens is 1. The van der Waals surface area contributed by atoms with Gasteiger partial charge < -0.3 is 15.2 Å². The molecule has 24 heavy (non-hydrogen) atoms. The highest BCUT2D eigenvalue weighted by Gasteiger charge is 2.36. The fourth-order valence-electron chi connectivity index (χ4n) is 3.67. The minimum absolute atomic E-state index is 0.0519. The number of aliphatic hydroxyl groups excluding tert-OH is 1. The normalized spacial score (nSPS) is 28.5. The molecule has 3 rings (SSSR count). The van der Waals surface area contributed by atoms with E-state index >= 15 is 0 Å². The number of morpholine rings is 1. The molecule has 2 N–H and O–H groups in total. The number of nitrogens with zero attached hydrogens (tertiary/aromatic N) is 1. The van der Waals surface area contributed by atoms with Crippen LogP contribution in [0.4, 0.5) is 0 Å². The zero-order valence-electron chi connectivity index (χ0n) is 13.8. The summed E-state index contributed by atoms with van der Waals surface area (Å²) in [6, 6.07) is 7.23. The average molecular weight is 353 g/mol. The van der Waals surface area contributed by atoms with Gasteiger partial charge in [-0.25, -0.2) is 0 Å². The van der Waals surface area contributed by atoms with Crippen LogP contribution in [0.3, 0.4) is 0 Å². The van der Waals surface area contributed by atoms with Gasteiger partial charge in [-0.1, -0.05) is 23.7 Å². The summed E-state index contributed by atoms with van der Waals surface area (Å²) < 4.78 is 5.39. The molecular weight excluding hydrogens is 328 g/mol. The van der Waals surface area contributed by atoms with E-state index in [1.807, 2.05) is 12.1 Å². The van der Waals surface area contributed by atoms with E-state index in [0.29, 0.717) is 11.4 Å². The number of nitrogens with one attached hydrogen (secondary N) is 1. The third-order valence-electron chi connectivity index (χ3n) is 4.96. The van der Waals surface area contributed by atoms with Gasteiger partial charge in [-0.15, -0.1) is 0 Å². The van der Waals surface area contributed by atoms with E-state index in [-0.39, 0.29) is 18.0 Å². The number of hydrogen-bond acceptors (Lipinski definition) is 4. The van der Waals surface area contributed by atoms with Crippen molar-refractivity contribution in [3.05, 3.63) is 34.9 Å². The fraction of sp³-hybridized carbons (Fsp3) is 0.611. The molecule has 1 aliphatic carbocycles. The van der Waals surface area contributed by atoms with Crippen molar-refractivity contribution in [1.29, 1.82) is 0 Å². The van der Waals surface area contributed by atoms with Crippen molar-refractivity contribution in [3.8, 4) is 0 Å². The number of benzene rings is 1. The summed E-state index contributed by atoms with van der Waals surface area (Å²) in [5, 5.41) is 14.4. The van der Waals surface area contributed by atoms with Crippen molar-refractivity contribution >= 4 is 17.5 Å². The Morgan fingerprint density at radius 1 is 1.25 bits per heavy atom. The van der Waals surface area contributed by atoms with Gasteiger partial charge in [0.15, 0.2) is 0 Å². The number of hydrogen-bond donors (Lipinski definition) is 2. The lowest BCUT2D eigenvalue weighted by molar-refractivity contribution is -0.123. The Bertz CT molecular complexity index is 546. The van der Waals surface area contributed by atoms with Gasteiger partial charge in [0.05, 0.1) is 31.8 Å². The smallest absolute Gasteiger partial charge is 0.224 e. The van der Waals surface area contributed by atoms with Crippen molar-refractivity contribution in [3.63, 3.8) is 0 Å². The van der Waals surface area contributed by atoms with Crippen LogP contribution in [0.25, 0.3) is 0 Å². The maximum atomic E-state index is 12.3. The average Bonchev–Trinajstić information content (AvgIpc) is 2.59. The summed E-state index contributed by atoms with van der Waals surface area (Å²) in [5.74, 6) is -0.0519. The highest BCUT2D eigenvalue weighted by molar-refractivity contribution is 6.30. The standard InChI is InChI=1S/C18H25ClN2O3/c19-14-6-4-13(5-7-14)12-17(22)20-15-2-1-3-16(18(15)23)21-8-10-24-11-9-21/h4-7,15-16,18,23H,1-3,8-12H2,(H,20,22)/t15-,16-,18-/m1/s1. The minimum atomic E-state index is -0.522. The first kappa shape index (κ1) is 17.7.